The summed E-state index contributed by atoms with van der Waals surface area (Å²) in [6.07, 6.45) is 1.34. The molecule has 2 atom stereocenters. The Hall–Kier alpha value is -1.96. The van der Waals surface area contributed by atoms with E-state index < -0.39 is 28.0 Å². The molecule has 6 nitrogen and oxygen atoms in total. The summed E-state index contributed by atoms with van der Waals surface area (Å²) in [5, 5.41) is 9.93. The third-order valence-corrected chi connectivity index (χ3v) is 6.43. The SMILES string of the molecule is O=C(Nc1cc(NC(=O)C2C(c3cc(Cl)cc(Cl)c3)C2(Cl)Cl)ccc1Cl)c1ccno1. The molecule has 1 aliphatic carbocycles. The van der Waals surface area contributed by atoms with Gasteiger partial charge in [0.25, 0.3) is 5.91 Å². The van der Waals surface area contributed by atoms with Crippen molar-refractivity contribution in [2.75, 3.05) is 10.6 Å². The van der Waals surface area contributed by atoms with Crippen LogP contribution in [0.25, 0.3) is 0 Å². The van der Waals surface area contributed by atoms with Crippen LogP contribution in [-0.2, 0) is 4.79 Å². The molecular weight excluding hydrogens is 508 g/mol. The van der Waals surface area contributed by atoms with E-state index in [1.54, 1.807) is 24.3 Å². The Morgan fingerprint density at radius 3 is 2.32 bits per heavy atom. The molecule has 1 aromatic heterocycles. The van der Waals surface area contributed by atoms with E-state index in [1.165, 1.54) is 24.4 Å². The van der Waals surface area contributed by atoms with E-state index in [2.05, 4.69) is 15.8 Å². The summed E-state index contributed by atoms with van der Waals surface area (Å²) in [5.74, 6) is -2.14. The zero-order valence-corrected chi connectivity index (χ0v) is 19.1. The van der Waals surface area contributed by atoms with Gasteiger partial charge in [0.1, 0.15) is 4.33 Å². The van der Waals surface area contributed by atoms with Gasteiger partial charge in [-0.05, 0) is 42.0 Å². The Labute approximate surface area is 201 Å². The molecule has 160 valence electrons. The monoisotopic (exact) mass is 517 g/mol. The molecule has 0 radical (unpaired) electrons. The van der Waals surface area contributed by atoms with Crippen molar-refractivity contribution in [3.8, 4) is 0 Å². The molecule has 1 aliphatic rings. The third kappa shape index (κ3) is 4.64. The van der Waals surface area contributed by atoms with Crippen molar-refractivity contribution >= 4 is 81.2 Å². The number of carbonyl (C=O) groups is 2. The number of carbonyl (C=O) groups excluding carboxylic acids is 2. The molecule has 1 saturated carbocycles. The zero-order valence-electron chi connectivity index (χ0n) is 15.3. The summed E-state index contributed by atoms with van der Waals surface area (Å²) in [5.41, 5.74) is 1.33. The van der Waals surface area contributed by atoms with Gasteiger partial charge in [0.2, 0.25) is 11.7 Å². The van der Waals surface area contributed by atoms with Gasteiger partial charge in [-0.2, -0.15) is 0 Å². The number of benzene rings is 2. The fourth-order valence-electron chi connectivity index (χ4n) is 3.26. The molecular formula is C20H12Cl5N3O3. The first-order valence-electron chi connectivity index (χ1n) is 8.83. The Morgan fingerprint density at radius 1 is 0.968 bits per heavy atom. The number of anilines is 2. The minimum Gasteiger partial charge on any atom is -0.351 e. The molecule has 2 unspecified atom stereocenters. The van der Waals surface area contributed by atoms with Crippen LogP contribution >= 0.6 is 58.0 Å². The molecule has 2 amide bonds. The van der Waals surface area contributed by atoms with Crippen molar-refractivity contribution in [1.29, 1.82) is 0 Å². The number of halogens is 5. The summed E-state index contributed by atoms with van der Waals surface area (Å²) in [6.45, 7) is 0. The Morgan fingerprint density at radius 2 is 1.68 bits per heavy atom. The fourth-order valence-corrected chi connectivity index (χ4v) is 4.79. The third-order valence-electron chi connectivity index (χ3n) is 4.72. The summed E-state index contributed by atoms with van der Waals surface area (Å²) in [4.78, 5) is 25.0. The van der Waals surface area contributed by atoms with Gasteiger partial charge < -0.3 is 15.2 Å². The zero-order chi connectivity index (χ0) is 22.3. The number of hydrogen-bond acceptors (Lipinski definition) is 4. The molecule has 3 aromatic rings. The lowest BCUT2D eigenvalue weighted by molar-refractivity contribution is -0.117. The smallest absolute Gasteiger partial charge is 0.294 e. The maximum atomic E-state index is 12.9. The van der Waals surface area contributed by atoms with Crippen molar-refractivity contribution in [3.63, 3.8) is 0 Å². The quantitative estimate of drug-likeness (QED) is 0.382. The van der Waals surface area contributed by atoms with Crippen LogP contribution in [0, 0.1) is 5.92 Å². The highest BCUT2D eigenvalue weighted by atomic mass is 35.5. The van der Waals surface area contributed by atoms with E-state index in [4.69, 9.17) is 62.5 Å². The van der Waals surface area contributed by atoms with Gasteiger partial charge in [-0.1, -0.05) is 40.0 Å². The lowest BCUT2D eigenvalue weighted by Crippen LogP contribution is -2.17. The largest absolute Gasteiger partial charge is 0.351 e. The van der Waals surface area contributed by atoms with Crippen LogP contribution in [0.5, 0.6) is 0 Å². The van der Waals surface area contributed by atoms with Gasteiger partial charge in [0.05, 0.1) is 22.8 Å². The summed E-state index contributed by atoms with van der Waals surface area (Å²) >= 11 is 31.0. The van der Waals surface area contributed by atoms with E-state index in [1.807, 2.05) is 0 Å². The van der Waals surface area contributed by atoms with E-state index in [0.29, 0.717) is 21.3 Å². The second-order valence-corrected chi connectivity index (χ2v) is 9.57. The molecule has 0 spiro atoms. The predicted octanol–water partition coefficient (Wildman–Crippen LogP) is 6.41. The highest BCUT2D eigenvalue weighted by molar-refractivity contribution is 6.53. The number of nitrogens with one attached hydrogen (secondary N) is 2. The Kier molecular flexibility index (Phi) is 6.12. The number of hydrogen-bond donors (Lipinski definition) is 2. The lowest BCUT2D eigenvalue weighted by Gasteiger charge is -2.10. The second kappa shape index (κ2) is 8.52. The summed E-state index contributed by atoms with van der Waals surface area (Å²) < 4.78 is 3.50. The van der Waals surface area contributed by atoms with Crippen LogP contribution in [0.4, 0.5) is 11.4 Å². The van der Waals surface area contributed by atoms with Crippen LogP contribution in [0.15, 0.2) is 53.2 Å². The fraction of sp³-hybridized carbons (Fsp3) is 0.150. The van der Waals surface area contributed by atoms with Crippen LogP contribution in [0.1, 0.15) is 22.0 Å². The van der Waals surface area contributed by atoms with Gasteiger partial charge in [0.15, 0.2) is 0 Å². The molecule has 0 saturated heterocycles. The molecule has 31 heavy (non-hydrogen) atoms. The van der Waals surface area contributed by atoms with Crippen molar-refractivity contribution < 1.29 is 14.1 Å². The number of aromatic nitrogens is 1. The van der Waals surface area contributed by atoms with Gasteiger partial charge >= 0.3 is 0 Å². The molecule has 0 aliphatic heterocycles. The number of nitrogens with zero attached hydrogens (tertiary/aromatic N) is 1. The topological polar surface area (TPSA) is 84.2 Å². The molecule has 11 heteroatoms. The molecule has 2 N–H and O–H groups in total. The molecule has 0 bridgehead atoms. The number of amides is 2. The van der Waals surface area contributed by atoms with E-state index >= 15 is 0 Å². The Balaban J connectivity index is 1.50. The first kappa shape index (κ1) is 22.2. The van der Waals surface area contributed by atoms with Crippen LogP contribution in [0.2, 0.25) is 15.1 Å². The molecule has 4 rings (SSSR count). The molecule has 1 fully saturated rings. The molecule has 1 heterocycles. The summed E-state index contributed by atoms with van der Waals surface area (Å²) in [7, 11) is 0. The molecule has 2 aromatic carbocycles. The van der Waals surface area contributed by atoms with E-state index in [0.717, 1.165) is 0 Å². The lowest BCUT2D eigenvalue weighted by atomic mass is 10.1. The normalized spacial score (nSPS) is 19.0. The standard InChI is InChI=1S/C20H12Cl5N3O3/c21-10-5-9(6-11(22)7-10)16-17(20(16,24)25)19(30)27-12-1-2-13(23)14(8-12)28-18(29)15-3-4-26-31-15/h1-8,16-17H,(H,27,30)(H,28,29). The number of rotatable bonds is 5. The number of alkyl halides is 2. The predicted molar refractivity (Wildman–Crippen MR) is 122 cm³/mol. The van der Waals surface area contributed by atoms with Crippen molar-refractivity contribution in [1.82, 2.24) is 5.16 Å². The first-order chi connectivity index (χ1) is 14.7. The average molecular weight is 520 g/mol. The van der Waals surface area contributed by atoms with Crippen LogP contribution < -0.4 is 10.6 Å². The van der Waals surface area contributed by atoms with Gasteiger partial charge in [-0.3, -0.25) is 9.59 Å². The minimum absolute atomic E-state index is 0.0144. The van der Waals surface area contributed by atoms with Gasteiger partial charge in [-0.15, -0.1) is 23.2 Å². The Bertz CT molecular complexity index is 1150. The van der Waals surface area contributed by atoms with Crippen molar-refractivity contribution in [3.05, 3.63) is 75.1 Å². The maximum absolute atomic E-state index is 12.9. The highest BCUT2D eigenvalue weighted by Gasteiger charge is 2.67. The maximum Gasteiger partial charge on any atom is 0.294 e. The highest BCUT2D eigenvalue weighted by Crippen LogP contribution is 2.65. The van der Waals surface area contributed by atoms with Crippen molar-refractivity contribution in [2.45, 2.75) is 10.3 Å². The summed E-state index contributed by atoms with van der Waals surface area (Å²) in [6, 6.07) is 11.0. The van der Waals surface area contributed by atoms with Gasteiger partial charge in [0, 0.05) is 27.7 Å². The average Bonchev–Trinajstić information content (AvgIpc) is 3.04. The first-order valence-corrected chi connectivity index (χ1v) is 10.7. The van der Waals surface area contributed by atoms with Gasteiger partial charge in [-0.25, -0.2) is 0 Å². The second-order valence-electron chi connectivity index (χ2n) is 6.85. The minimum atomic E-state index is -1.31. The van der Waals surface area contributed by atoms with Crippen LogP contribution in [0.3, 0.4) is 0 Å². The van der Waals surface area contributed by atoms with E-state index in [9.17, 15) is 9.59 Å². The van der Waals surface area contributed by atoms with Crippen molar-refractivity contribution in [2.24, 2.45) is 5.92 Å². The van der Waals surface area contributed by atoms with Crippen LogP contribution in [-0.4, -0.2) is 21.3 Å². The van der Waals surface area contributed by atoms with E-state index in [-0.39, 0.29) is 16.5 Å².